The van der Waals surface area contributed by atoms with Crippen LogP contribution in [-0.4, -0.2) is 4.98 Å². The van der Waals surface area contributed by atoms with Crippen LogP contribution < -0.4 is 5.73 Å². The summed E-state index contributed by atoms with van der Waals surface area (Å²) >= 11 is 0. The van der Waals surface area contributed by atoms with Gasteiger partial charge in [-0.25, -0.2) is 8.78 Å². The normalized spacial score (nSPS) is 12.2. The first-order valence-electron chi connectivity index (χ1n) is 4.33. The van der Waals surface area contributed by atoms with E-state index in [1.165, 1.54) is 6.92 Å². The van der Waals surface area contributed by atoms with E-state index < -0.39 is 30.4 Å². The number of rotatable bonds is 2. The predicted octanol–water partition coefficient (Wildman–Crippen LogP) is 2.81. The number of aromatic nitrogens is 1. The van der Waals surface area contributed by atoms with Crippen molar-refractivity contribution in [2.45, 2.75) is 26.1 Å². The lowest BCUT2D eigenvalue weighted by Gasteiger charge is -2.15. The summed E-state index contributed by atoms with van der Waals surface area (Å²) in [6.45, 7) is 0.834. The third-order valence-electron chi connectivity index (χ3n) is 2.08. The summed E-state index contributed by atoms with van der Waals surface area (Å²) in [5, 5.41) is 0. The lowest BCUT2D eigenvalue weighted by Crippen LogP contribution is -2.15. The van der Waals surface area contributed by atoms with Crippen molar-refractivity contribution in [1.29, 1.82) is 0 Å². The van der Waals surface area contributed by atoms with E-state index in [0.717, 1.165) is 0 Å². The molecule has 0 saturated carbocycles. The largest absolute Gasteiger partial charge is 0.416 e. The van der Waals surface area contributed by atoms with Gasteiger partial charge < -0.3 is 5.73 Å². The molecule has 1 aromatic rings. The fourth-order valence-corrected chi connectivity index (χ4v) is 1.35. The SMILES string of the molecule is Cc1nc(C(F)F)cc(C(F)(F)F)c1CN. The molecule has 1 aromatic heterocycles. The highest BCUT2D eigenvalue weighted by Crippen LogP contribution is 2.34. The molecular formula is C9H9F5N2. The Hall–Kier alpha value is -1.24. The van der Waals surface area contributed by atoms with Crippen molar-refractivity contribution >= 4 is 0 Å². The standard InChI is InChI=1S/C9H9F5N2/c1-4-5(3-15)6(9(12,13)14)2-7(16-4)8(10)11/h2,8H,3,15H2,1H3. The van der Waals surface area contributed by atoms with Crippen molar-refractivity contribution in [1.82, 2.24) is 4.98 Å². The van der Waals surface area contributed by atoms with Crippen LogP contribution in [-0.2, 0) is 12.7 Å². The van der Waals surface area contributed by atoms with Gasteiger partial charge in [-0.1, -0.05) is 0 Å². The van der Waals surface area contributed by atoms with E-state index in [9.17, 15) is 22.0 Å². The second kappa shape index (κ2) is 4.32. The number of nitrogens with two attached hydrogens (primary N) is 1. The Balaban J connectivity index is 3.43. The third kappa shape index (κ3) is 2.46. The van der Waals surface area contributed by atoms with E-state index in [2.05, 4.69) is 4.98 Å². The van der Waals surface area contributed by atoms with Crippen molar-refractivity contribution in [3.05, 3.63) is 28.6 Å². The van der Waals surface area contributed by atoms with Crippen molar-refractivity contribution in [2.75, 3.05) is 0 Å². The second-order valence-corrected chi connectivity index (χ2v) is 3.16. The maximum Gasteiger partial charge on any atom is 0.416 e. The molecule has 0 amide bonds. The maximum atomic E-state index is 12.5. The van der Waals surface area contributed by atoms with E-state index in [-0.39, 0.29) is 11.3 Å². The zero-order valence-corrected chi connectivity index (χ0v) is 8.28. The van der Waals surface area contributed by atoms with Gasteiger partial charge in [-0.05, 0) is 18.6 Å². The molecule has 0 aliphatic rings. The summed E-state index contributed by atoms with van der Waals surface area (Å²) in [7, 11) is 0. The Morgan fingerprint density at radius 1 is 1.38 bits per heavy atom. The number of pyridine rings is 1. The van der Waals surface area contributed by atoms with Gasteiger partial charge in [0.15, 0.2) is 0 Å². The van der Waals surface area contributed by atoms with Gasteiger partial charge in [0.25, 0.3) is 6.43 Å². The number of alkyl halides is 5. The van der Waals surface area contributed by atoms with Crippen LogP contribution in [0.4, 0.5) is 22.0 Å². The second-order valence-electron chi connectivity index (χ2n) is 3.16. The summed E-state index contributed by atoms with van der Waals surface area (Å²) in [6, 6.07) is 0.347. The molecule has 2 nitrogen and oxygen atoms in total. The monoisotopic (exact) mass is 240 g/mol. The average molecular weight is 240 g/mol. The predicted molar refractivity (Wildman–Crippen MR) is 46.8 cm³/mol. The lowest BCUT2D eigenvalue weighted by atomic mass is 10.1. The van der Waals surface area contributed by atoms with Crippen molar-refractivity contribution in [3.63, 3.8) is 0 Å². The van der Waals surface area contributed by atoms with E-state index in [0.29, 0.717) is 6.07 Å². The van der Waals surface area contributed by atoms with Crippen LogP contribution >= 0.6 is 0 Å². The highest BCUT2D eigenvalue weighted by atomic mass is 19.4. The van der Waals surface area contributed by atoms with Gasteiger partial charge in [0.05, 0.1) is 5.56 Å². The maximum absolute atomic E-state index is 12.5. The van der Waals surface area contributed by atoms with Crippen LogP contribution in [0.2, 0.25) is 0 Å². The number of aryl methyl sites for hydroxylation is 1. The quantitative estimate of drug-likeness (QED) is 0.807. The van der Waals surface area contributed by atoms with Crippen molar-refractivity contribution < 1.29 is 22.0 Å². The molecule has 0 aromatic carbocycles. The van der Waals surface area contributed by atoms with Gasteiger partial charge in [-0.15, -0.1) is 0 Å². The van der Waals surface area contributed by atoms with Gasteiger partial charge in [0, 0.05) is 12.2 Å². The van der Waals surface area contributed by atoms with Crippen LogP contribution in [0.5, 0.6) is 0 Å². The molecule has 16 heavy (non-hydrogen) atoms. The van der Waals surface area contributed by atoms with Crippen LogP contribution in [0.25, 0.3) is 0 Å². The molecule has 0 atom stereocenters. The first-order valence-corrected chi connectivity index (χ1v) is 4.33. The Morgan fingerprint density at radius 3 is 2.31 bits per heavy atom. The molecule has 0 bridgehead atoms. The Labute approximate surface area is 88.3 Å². The van der Waals surface area contributed by atoms with Gasteiger partial charge in [0.2, 0.25) is 0 Å². The van der Waals surface area contributed by atoms with Gasteiger partial charge in [-0.2, -0.15) is 13.2 Å². The molecule has 0 saturated heterocycles. The van der Waals surface area contributed by atoms with Gasteiger partial charge in [-0.3, -0.25) is 4.98 Å². The minimum Gasteiger partial charge on any atom is -0.326 e. The first kappa shape index (κ1) is 12.8. The number of hydrogen-bond donors (Lipinski definition) is 1. The Morgan fingerprint density at radius 2 is 1.94 bits per heavy atom. The van der Waals surface area contributed by atoms with E-state index in [1.54, 1.807) is 0 Å². The van der Waals surface area contributed by atoms with Crippen LogP contribution in [0.15, 0.2) is 6.07 Å². The van der Waals surface area contributed by atoms with Crippen molar-refractivity contribution in [2.24, 2.45) is 5.73 Å². The molecule has 7 heteroatoms. The first-order chi connectivity index (χ1) is 7.27. The molecule has 0 aliphatic heterocycles. The fraction of sp³-hybridized carbons (Fsp3) is 0.444. The zero-order chi connectivity index (χ0) is 12.5. The highest BCUT2D eigenvalue weighted by molar-refractivity contribution is 5.34. The third-order valence-corrected chi connectivity index (χ3v) is 2.08. The van der Waals surface area contributed by atoms with Crippen LogP contribution in [0.3, 0.4) is 0 Å². The minimum absolute atomic E-state index is 0.118. The lowest BCUT2D eigenvalue weighted by molar-refractivity contribution is -0.138. The number of hydrogen-bond acceptors (Lipinski definition) is 2. The molecular weight excluding hydrogens is 231 g/mol. The Kier molecular flexibility index (Phi) is 3.47. The average Bonchev–Trinajstić information content (AvgIpc) is 2.14. The van der Waals surface area contributed by atoms with E-state index >= 15 is 0 Å². The molecule has 0 unspecified atom stereocenters. The Bertz CT molecular complexity index is 386. The molecule has 0 radical (unpaired) electrons. The fourth-order valence-electron chi connectivity index (χ4n) is 1.35. The van der Waals surface area contributed by atoms with Gasteiger partial charge >= 0.3 is 6.18 Å². The van der Waals surface area contributed by atoms with Crippen LogP contribution in [0, 0.1) is 6.92 Å². The highest BCUT2D eigenvalue weighted by Gasteiger charge is 2.35. The topological polar surface area (TPSA) is 38.9 Å². The summed E-state index contributed by atoms with van der Waals surface area (Å²) in [6.07, 6.45) is -7.74. The number of nitrogens with zero attached hydrogens (tertiary/aromatic N) is 1. The van der Waals surface area contributed by atoms with Gasteiger partial charge in [0.1, 0.15) is 5.69 Å². The summed E-state index contributed by atoms with van der Waals surface area (Å²) in [4.78, 5) is 3.39. The van der Waals surface area contributed by atoms with Crippen LogP contribution in [0.1, 0.15) is 28.9 Å². The minimum atomic E-state index is -4.70. The smallest absolute Gasteiger partial charge is 0.326 e. The van der Waals surface area contributed by atoms with E-state index in [1.807, 2.05) is 0 Å². The number of halogens is 5. The summed E-state index contributed by atoms with van der Waals surface area (Å²) in [5.41, 5.74) is 2.75. The summed E-state index contributed by atoms with van der Waals surface area (Å²) in [5.74, 6) is 0. The van der Waals surface area contributed by atoms with Crippen molar-refractivity contribution in [3.8, 4) is 0 Å². The molecule has 1 rings (SSSR count). The van der Waals surface area contributed by atoms with E-state index in [4.69, 9.17) is 5.73 Å². The molecule has 1 heterocycles. The molecule has 0 spiro atoms. The summed E-state index contributed by atoms with van der Waals surface area (Å²) < 4.78 is 62.2. The molecule has 2 N–H and O–H groups in total. The molecule has 0 aliphatic carbocycles. The zero-order valence-electron chi connectivity index (χ0n) is 8.28. The molecule has 90 valence electrons. The molecule has 0 fully saturated rings.